The summed E-state index contributed by atoms with van der Waals surface area (Å²) < 4.78 is 10.3. The van der Waals surface area contributed by atoms with E-state index in [1.165, 1.54) is 0 Å². The lowest BCUT2D eigenvalue weighted by atomic mass is 9.64. The third-order valence-corrected chi connectivity index (χ3v) is 3.71. The maximum atomic E-state index is 12.4. The van der Waals surface area contributed by atoms with Gasteiger partial charge < -0.3 is 9.47 Å². The molecule has 0 saturated carbocycles. The topological polar surface area (TPSA) is 52.6 Å². The lowest BCUT2D eigenvalue weighted by molar-refractivity contribution is -0.178. The molecule has 0 fully saturated rings. The van der Waals surface area contributed by atoms with E-state index < -0.39 is 17.4 Å². The van der Waals surface area contributed by atoms with Crippen LogP contribution in [0.4, 0.5) is 0 Å². The molecule has 0 aromatic heterocycles. The number of ether oxygens (including phenoxy) is 2. The van der Waals surface area contributed by atoms with Gasteiger partial charge in [-0.15, -0.1) is 0 Å². The molecule has 0 aromatic carbocycles. The molecule has 4 nitrogen and oxygen atoms in total. The van der Waals surface area contributed by atoms with Crippen LogP contribution in [0, 0.1) is 17.3 Å². The van der Waals surface area contributed by atoms with Gasteiger partial charge >= 0.3 is 11.9 Å². The van der Waals surface area contributed by atoms with Gasteiger partial charge in [-0.2, -0.15) is 0 Å². The standard InChI is InChI=1S/C15H24O4/c1-5-18-13(16)15(14(17)19-6-2)10-8-7-9-12(15)11(3)4/h7-8,11-12H,5-6,9-10H2,1-4H3. The predicted molar refractivity (Wildman–Crippen MR) is 72.4 cm³/mol. The summed E-state index contributed by atoms with van der Waals surface area (Å²) in [6.07, 6.45) is 4.98. The highest BCUT2D eigenvalue weighted by atomic mass is 16.6. The number of hydrogen-bond acceptors (Lipinski definition) is 4. The molecular weight excluding hydrogens is 244 g/mol. The SMILES string of the molecule is CCOC(=O)C1(C(=O)OCC)CC=CCC1C(C)C. The fourth-order valence-electron chi connectivity index (χ4n) is 2.78. The number of rotatable bonds is 5. The minimum atomic E-state index is -1.17. The van der Waals surface area contributed by atoms with E-state index in [4.69, 9.17) is 9.47 Å². The normalized spacial score (nSPS) is 21.2. The lowest BCUT2D eigenvalue weighted by Crippen LogP contribution is -2.50. The second kappa shape index (κ2) is 6.73. The van der Waals surface area contributed by atoms with Crippen LogP contribution in [0.1, 0.15) is 40.5 Å². The van der Waals surface area contributed by atoms with Crippen molar-refractivity contribution in [3.8, 4) is 0 Å². The van der Waals surface area contributed by atoms with E-state index in [-0.39, 0.29) is 25.0 Å². The lowest BCUT2D eigenvalue weighted by Gasteiger charge is -2.39. The molecule has 1 aliphatic rings. The van der Waals surface area contributed by atoms with Crippen molar-refractivity contribution in [2.75, 3.05) is 13.2 Å². The number of allylic oxidation sites excluding steroid dienone is 2. The second-order valence-electron chi connectivity index (χ2n) is 5.17. The van der Waals surface area contributed by atoms with Crippen LogP contribution < -0.4 is 0 Å². The molecular formula is C15H24O4. The van der Waals surface area contributed by atoms with Crippen LogP contribution in [-0.2, 0) is 19.1 Å². The highest BCUT2D eigenvalue weighted by Crippen LogP contribution is 2.44. The van der Waals surface area contributed by atoms with Crippen molar-refractivity contribution in [1.29, 1.82) is 0 Å². The molecule has 0 saturated heterocycles. The zero-order valence-corrected chi connectivity index (χ0v) is 12.3. The predicted octanol–water partition coefficient (Wildman–Crippen LogP) is 2.72. The Bertz CT molecular complexity index is 339. The molecule has 1 atom stereocenters. The third kappa shape index (κ3) is 2.99. The van der Waals surface area contributed by atoms with Crippen LogP contribution in [0.5, 0.6) is 0 Å². The number of carbonyl (C=O) groups excluding carboxylic acids is 2. The molecule has 4 heteroatoms. The molecule has 108 valence electrons. The Labute approximate surface area is 115 Å². The first kappa shape index (κ1) is 15.7. The fourth-order valence-corrected chi connectivity index (χ4v) is 2.78. The molecule has 0 heterocycles. The Kier molecular flexibility index (Phi) is 5.58. The number of carbonyl (C=O) groups is 2. The second-order valence-corrected chi connectivity index (χ2v) is 5.17. The average Bonchev–Trinajstić information content (AvgIpc) is 2.38. The maximum Gasteiger partial charge on any atom is 0.324 e. The molecule has 0 spiro atoms. The Morgan fingerprint density at radius 3 is 2.11 bits per heavy atom. The maximum absolute atomic E-state index is 12.4. The Balaban J connectivity index is 3.18. The Morgan fingerprint density at radius 1 is 1.16 bits per heavy atom. The molecule has 0 amide bonds. The monoisotopic (exact) mass is 268 g/mol. The van der Waals surface area contributed by atoms with Gasteiger partial charge in [-0.1, -0.05) is 26.0 Å². The van der Waals surface area contributed by atoms with Gasteiger partial charge in [0, 0.05) is 0 Å². The van der Waals surface area contributed by atoms with Crippen molar-refractivity contribution in [3.63, 3.8) is 0 Å². The summed E-state index contributed by atoms with van der Waals surface area (Å²) in [5.41, 5.74) is -1.17. The highest BCUT2D eigenvalue weighted by Gasteiger charge is 2.55. The molecule has 0 radical (unpaired) electrons. The summed E-state index contributed by atoms with van der Waals surface area (Å²) in [4.78, 5) is 24.8. The Hall–Kier alpha value is -1.32. The highest BCUT2D eigenvalue weighted by molar-refractivity contribution is 6.01. The van der Waals surface area contributed by atoms with E-state index >= 15 is 0 Å². The van der Waals surface area contributed by atoms with Gasteiger partial charge in [-0.05, 0) is 38.5 Å². The zero-order valence-electron chi connectivity index (χ0n) is 12.3. The van der Waals surface area contributed by atoms with E-state index in [1.54, 1.807) is 13.8 Å². The van der Waals surface area contributed by atoms with Crippen molar-refractivity contribution in [2.45, 2.75) is 40.5 Å². The number of hydrogen-bond donors (Lipinski definition) is 0. The Morgan fingerprint density at radius 2 is 1.68 bits per heavy atom. The van der Waals surface area contributed by atoms with E-state index in [0.717, 1.165) is 0 Å². The van der Waals surface area contributed by atoms with Gasteiger partial charge in [-0.3, -0.25) is 9.59 Å². The van der Waals surface area contributed by atoms with E-state index in [2.05, 4.69) is 0 Å². The van der Waals surface area contributed by atoms with Crippen molar-refractivity contribution < 1.29 is 19.1 Å². The summed E-state index contributed by atoms with van der Waals surface area (Å²) >= 11 is 0. The molecule has 0 N–H and O–H groups in total. The van der Waals surface area contributed by atoms with E-state index in [0.29, 0.717) is 12.8 Å². The van der Waals surface area contributed by atoms with Gasteiger partial charge in [0.15, 0.2) is 5.41 Å². The van der Waals surface area contributed by atoms with Gasteiger partial charge in [0.1, 0.15) is 0 Å². The van der Waals surface area contributed by atoms with Crippen molar-refractivity contribution in [1.82, 2.24) is 0 Å². The summed E-state index contributed by atoms with van der Waals surface area (Å²) in [6, 6.07) is 0. The van der Waals surface area contributed by atoms with Crippen LogP contribution in [0.2, 0.25) is 0 Å². The third-order valence-electron chi connectivity index (χ3n) is 3.71. The van der Waals surface area contributed by atoms with Crippen LogP contribution in [0.25, 0.3) is 0 Å². The minimum absolute atomic E-state index is 0.0735. The number of esters is 2. The summed E-state index contributed by atoms with van der Waals surface area (Å²) in [7, 11) is 0. The summed E-state index contributed by atoms with van der Waals surface area (Å²) in [6.45, 7) is 8.09. The summed E-state index contributed by atoms with van der Waals surface area (Å²) in [5.74, 6) is -0.762. The fraction of sp³-hybridized carbons (Fsp3) is 0.733. The van der Waals surface area contributed by atoms with Crippen molar-refractivity contribution >= 4 is 11.9 Å². The van der Waals surface area contributed by atoms with Crippen LogP contribution in [0.3, 0.4) is 0 Å². The van der Waals surface area contributed by atoms with Gasteiger partial charge in [-0.25, -0.2) is 0 Å². The van der Waals surface area contributed by atoms with E-state index in [1.807, 2.05) is 26.0 Å². The van der Waals surface area contributed by atoms with E-state index in [9.17, 15) is 9.59 Å². The van der Waals surface area contributed by atoms with Crippen LogP contribution in [0.15, 0.2) is 12.2 Å². The van der Waals surface area contributed by atoms with Crippen LogP contribution >= 0.6 is 0 Å². The van der Waals surface area contributed by atoms with Gasteiger partial charge in [0.2, 0.25) is 0 Å². The zero-order chi connectivity index (χ0) is 14.5. The first-order chi connectivity index (χ1) is 9.00. The molecule has 1 aliphatic carbocycles. The molecule has 0 bridgehead atoms. The minimum Gasteiger partial charge on any atom is -0.465 e. The first-order valence-corrected chi connectivity index (χ1v) is 7.00. The largest absolute Gasteiger partial charge is 0.465 e. The molecule has 1 unspecified atom stereocenters. The van der Waals surface area contributed by atoms with Gasteiger partial charge in [0.25, 0.3) is 0 Å². The molecule has 1 rings (SSSR count). The quantitative estimate of drug-likeness (QED) is 0.437. The van der Waals surface area contributed by atoms with Gasteiger partial charge in [0.05, 0.1) is 13.2 Å². The van der Waals surface area contributed by atoms with Crippen molar-refractivity contribution in [2.24, 2.45) is 17.3 Å². The first-order valence-electron chi connectivity index (χ1n) is 7.00. The van der Waals surface area contributed by atoms with Crippen molar-refractivity contribution in [3.05, 3.63) is 12.2 Å². The summed E-state index contributed by atoms with van der Waals surface area (Å²) in [5, 5.41) is 0. The molecule has 0 aromatic rings. The smallest absolute Gasteiger partial charge is 0.324 e. The molecule has 19 heavy (non-hydrogen) atoms. The average molecular weight is 268 g/mol. The molecule has 0 aliphatic heterocycles. The van der Waals surface area contributed by atoms with Crippen LogP contribution in [-0.4, -0.2) is 25.2 Å².